The Bertz CT molecular complexity index is 410. The summed E-state index contributed by atoms with van der Waals surface area (Å²) in [5.74, 6) is -0.0872. The molecule has 0 saturated heterocycles. The van der Waals surface area contributed by atoms with Crippen LogP contribution in [0.1, 0.15) is 23.3 Å². The maximum absolute atomic E-state index is 12.0. The van der Waals surface area contributed by atoms with Crippen LogP contribution < -0.4 is 5.32 Å². The first-order chi connectivity index (χ1) is 8.71. The van der Waals surface area contributed by atoms with Gasteiger partial charge in [0.2, 0.25) is 0 Å². The molecule has 0 radical (unpaired) electrons. The fraction of sp³-hybridized carbons (Fsp3) is 0.615. The highest BCUT2D eigenvalue weighted by Gasteiger charge is 2.42. The van der Waals surface area contributed by atoms with Crippen LogP contribution in [-0.4, -0.2) is 42.4 Å². The van der Waals surface area contributed by atoms with E-state index in [1.54, 1.807) is 13.2 Å². The molecule has 0 spiro atoms. The predicted octanol–water partition coefficient (Wildman–Crippen LogP) is 0.637. The summed E-state index contributed by atoms with van der Waals surface area (Å²) in [6.07, 6.45) is 3.86. The molecule has 1 amide bonds. The highest BCUT2D eigenvalue weighted by molar-refractivity contribution is 5.92. The molecule has 5 heteroatoms. The lowest BCUT2D eigenvalue weighted by atomic mass is 10.1. The maximum atomic E-state index is 12.0. The number of methoxy groups -OCH3 is 1. The Labute approximate surface area is 107 Å². The van der Waals surface area contributed by atoms with E-state index in [2.05, 4.69) is 5.32 Å². The van der Waals surface area contributed by atoms with Crippen molar-refractivity contribution in [1.29, 1.82) is 0 Å². The lowest BCUT2D eigenvalue weighted by molar-refractivity contribution is 0.0923. The van der Waals surface area contributed by atoms with Crippen LogP contribution in [0.15, 0.2) is 18.3 Å². The summed E-state index contributed by atoms with van der Waals surface area (Å²) in [5, 5.41) is 12.1. The smallest absolute Gasteiger partial charge is 0.267 e. The number of rotatable bonds is 7. The Balaban J connectivity index is 1.90. The monoisotopic (exact) mass is 252 g/mol. The van der Waals surface area contributed by atoms with Crippen molar-refractivity contribution in [3.05, 3.63) is 24.0 Å². The number of aliphatic hydroxyl groups excluding tert-OH is 1. The molecule has 2 N–H and O–H groups in total. The van der Waals surface area contributed by atoms with Gasteiger partial charge in [-0.1, -0.05) is 0 Å². The molecule has 18 heavy (non-hydrogen) atoms. The lowest BCUT2D eigenvalue weighted by Gasteiger charge is -2.14. The highest BCUT2D eigenvalue weighted by Crippen LogP contribution is 2.44. The zero-order chi connectivity index (χ0) is 13.0. The van der Waals surface area contributed by atoms with Crippen molar-refractivity contribution < 1.29 is 14.6 Å². The molecule has 0 aromatic carbocycles. The normalized spacial score (nSPS) is 16.6. The number of hydrogen-bond donors (Lipinski definition) is 2. The van der Waals surface area contributed by atoms with E-state index in [9.17, 15) is 9.90 Å². The van der Waals surface area contributed by atoms with E-state index >= 15 is 0 Å². The van der Waals surface area contributed by atoms with E-state index in [0.717, 1.165) is 12.8 Å². The molecule has 1 saturated carbocycles. The predicted molar refractivity (Wildman–Crippen MR) is 67.4 cm³/mol. The first kappa shape index (κ1) is 13.1. The van der Waals surface area contributed by atoms with Crippen LogP contribution >= 0.6 is 0 Å². The summed E-state index contributed by atoms with van der Waals surface area (Å²) in [4.78, 5) is 12.0. The number of amides is 1. The Hall–Kier alpha value is -1.33. The van der Waals surface area contributed by atoms with Gasteiger partial charge in [-0.2, -0.15) is 0 Å². The molecule has 0 atom stereocenters. The van der Waals surface area contributed by atoms with Crippen LogP contribution in [0.2, 0.25) is 0 Å². The molecule has 1 aliphatic carbocycles. The number of aliphatic hydroxyl groups is 1. The number of aromatic nitrogens is 1. The second-order valence-electron chi connectivity index (χ2n) is 4.92. The fourth-order valence-electron chi connectivity index (χ4n) is 1.93. The molecular weight excluding hydrogens is 232 g/mol. The Kier molecular flexibility index (Phi) is 4.04. The van der Waals surface area contributed by atoms with E-state index in [0.29, 0.717) is 25.4 Å². The minimum absolute atomic E-state index is 0.0559. The van der Waals surface area contributed by atoms with Gasteiger partial charge in [0.25, 0.3) is 5.91 Å². The molecule has 0 aliphatic heterocycles. The molecule has 1 fully saturated rings. The average molecular weight is 252 g/mol. The van der Waals surface area contributed by atoms with Crippen molar-refractivity contribution in [1.82, 2.24) is 9.88 Å². The van der Waals surface area contributed by atoms with Gasteiger partial charge in [0, 0.05) is 31.8 Å². The number of hydrogen-bond acceptors (Lipinski definition) is 3. The van der Waals surface area contributed by atoms with E-state index in [-0.39, 0.29) is 17.9 Å². The lowest BCUT2D eigenvalue weighted by Crippen LogP contribution is -2.33. The van der Waals surface area contributed by atoms with Crippen molar-refractivity contribution in [2.45, 2.75) is 19.4 Å². The van der Waals surface area contributed by atoms with Gasteiger partial charge in [-0.05, 0) is 25.0 Å². The standard InChI is InChI=1S/C13H20N2O3/c1-18-8-7-15-6-2-3-11(15)12(17)14-9-13(10-16)4-5-13/h2-3,6,16H,4-5,7-10H2,1H3,(H,14,17). The molecule has 1 aromatic heterocycles. The van der Waals surface area contributed by atoms with Crippen LogP contribution in [0.5, 0.6) is 0 Å². The molecular formula is C13H20N2O3. The van der Waals surface area contributed by atoms with Crippen molar-refractivity contribution in [3.8, 4) is 0 Å². The second kappa shape index (κ2) is 5.54. The van der Waals surface area contributed by atoms with Crippen LogP contribution in [0.4, 0.5) is 0 Å². The SMILES string of the molecule is COCCn1cccc1C(=O)NCC1(CO)CC1. The molecule has 0 bridgehead atoms. The molecule has 1 aliphatic rings. The minimum atomic E-state index is -0.0872. The molecule has 0 unspecified atom stereocenters. The van der Waals surface area contributed by atoms with Gasteiger partial charge < -0.3 is 19.7 Å². The van der Waals surface area contributed by atoms with E-state index in [1.165, 1.54) is 0 Å². The zero-order valence-corrected chi connectivity index (χ0v) is 10.7. The van der Waals surface area contributed by atoms with Crippen molar-refractivity contribution in [2.24, 2.45) is 5.41 Å². The van der Waals surface area contributed by atoms with Gasteiger partial charge >= 0.3 is 0 Å². The fourth-order valence-corrected chi connectivity index (χ4v) is 1.93. The Morgan fingerprint density at radius 3 is 3.00 bits per heavy atom. The first-order valence-electron chi connectivity index (χ1n) is 6.24. The Morgan fingerprint density at radius 1 is 1.61 bits per heavy atom. The quantitative estimate of drug-likeness (QED) is 0.748. The number of carbonyl (C=O) groups is 1. The van der Waals surface area contributed by atoms with E-state index in [1.807, 2.05) is 16.8 Å². The molecule has 100 valence electrons. The summed E-state index contributed by atoms with van der Waals surface area (Å²) >= 11 is 0. The third-order valence-corrected chi connectivity index (χ3v) is 3.51. The van der Waals surface area contributed by atoms with Crippen molar-refractivity contribution in [2.75, 3.05) is 26.9 Å². The number of nitrogens with one attached hydrogen (secondary N) is 1. The van der Waals surface area contributed by atoms with Crippen LogP contribution in [-0.2, 0) is 11.3 Å². The van der Waals surface area contributed by atoms with Gasteiger partial charge in [0.1, 0.15) is 5.69 Å². The summed E-state index contributed by atoms with van der Waals surface area (Å²) < 4.78 is 6.88. The molecule has 5 nitrogen and oxygen atoms in total. The average Bonchev–Trinajstić information content (AvgIpc) is 3.03. The Morgan fingerprint density at radius 2 is 2.39 bits per heavy atom. The summed E-state index contributed by atoms with van der Waals surface area (Å²) in [5.41, 5.74) is 0.584. The van der Waals surface area contributed by atoms with Gasteiger partial charge in [-0.25, -0.2) is 0 Å². The van der Waals surface area contributed by atoms with Gasteiger partial charge in [0.15, 0.2) is 0 Å². The third kappa shape index (κ3) is 2.91. The van der Waals surface area contributed by atoms with Crippen LogP contribution in [0, 0.1) is 5.41 Å². The molecule has 2 rings (SSSR count). The summed E-state index contributed by atoms with van der Waals surface area (Å²) in [6.45, 7) is 1.95. The van der Waals surface area contributed by atoms with Gasteiger partial charge in [0.05, 0.1) is 13.2 Å². The van der Waals surface area contributed by atoms with E-state index < -0.39 is 0 Å². The van der Waals surface area contributed by atoms with Crippen molar-refractivity contribution >= 4 is 5.91 Å². The van der Waals surface area contributed by atoms with Gasteiger partial charge in [-0.15, -0.1) is 0 Å². The number of ether oxygens (including phenoxy) is 1. The summed E-state index contributed by atoms with van der Waals surface area (Å²) in [7, 11) is 1.64. The maximum Gasteiger partial charge on any atom is 0.267 e. The summed E-state index contributed by atoms with van der Waals surface area (Å²) in [6, 6.07) is 3.65. The zero-order valence-electron chi connectivity index (χ0n) is 10.7. The highest BCUT2D eigenvalue weighted by atomic mass is 16.5. The topological polar surface area (TPSA) is 63.5 Å². The minimum Gasteiger partial charge on any atom is -0.396 e. The van der Waals surface area contributed by atoms with Gasteiger partial charge in [-0.3, -0.25) is 4.79 Å². The van der Waals surface area contributed by atoms with Crippen LogP contribution in [0.25, 0.3) is 0 Å². The second-order valence-corrected chi connectivity index (χ2v) is 4.92. The van der Waals surface area contributed by atoms with E-state index in [4.69, 9.17) is 4.74 Å². The largest absolute Gasteiger partial charge is 0.396 e. The number of carbonyl (C=O) groups excluding carboxylic acids is 1. The number of nitrogens with zero attached hydrogens (tertiary/aromatic N) is 1. The molecule has 1 aromatic rings. The van der Waals surface area contributed by atoms with Crippen molar-refractivity contribution in [3.63, 3.8) is 0 Å². The molecule has 1 heterocycles. The third-order valence-electron chi connectivity index (χ3n) is 3.51. The van der Waals surface area contributed by atoms with Crippen LogP contribution in [0.3, 0.4) is 0 Å². The first-order valence-corrected chi connectivity index (χ1v) is 6.24.